The molecular formula is C21H16O5. The topological polar surface area (TPSA) is 68.9 Å². The van der Waals surface area contributed by atoms with Gasteiger partial charge in [0.25, 0.3) is 0 Å². The van der Waals surface area contributed by atoms with E-state index in [9.17, 15) is 9.90 Å². The molecule has 0 spiro atoms. The SMILES string of the molecule is COc1cc2oc(-c3ccc4ccccc4c3)c(O)c(=O)c2cc1OC. The zero-order valence-electron chi connectivity index (χ0n) is 14.3. The molecule has 4 aromatic rings. The summed E-state index contributed by atoms with van der Waals surface area (Å²) in [7, 11) is 2.99. The molecule has 1 N–H and O–H groups in total. The number of benzene rings is 3. The van der Waals surface area contributed by atoms with Crippen molar-refractivity contribution in [2.75, 3.05) is 14.2 Å². The summed E-state index contributed by atoms with van der Waals surface area (Å²) in [5.74, 6) is 0.531. The molecular weight excluding hydrogens is 332 g/mol. The fraction of sp³-hybridized carbons (Fsp3) is 0.0952. The maximum Gasteiger partial charge on any atom is 0.235 e. The van der Waals surface area contributed by atoms with Gasteiger partial charge in [0.1, 0.15) is 5.58 Å². The van der Waals surface area contributed by atoms with Crippen LogP contribution in [0.2, 0.25) is 0 Å². The van der Waals surface area contributed by atoms with Crippen LogP contribution in [-0.4, -0.2) is 19.3 Å². The van der Waals surface area contributed by atoms with Crippen LogP contribution in [0.1, 0.15) is 0 Å². The van der Waals surface area contributed by atoms with Crippen LogP contribution in [0.25, 0.3) is 33.1 Å². The minimum absolute atomic E-state index is 0.125. The second kappa shape index (κ2) is 6.11. The molecule has 1 heterocycles. The first kappa shape index (κ1) is 16.0. The highest BCUT2D eigenvalue weighted by atomic mass is 16.5. The van der Waals surface area contributed by atoms with E-state index in [4.69, 9.17) is 13.9 Å². The number of hydrogen-bond donors (Lipinski definition) is 1. The number of methoxy groups -OCH3 is 2. The fourth-order valence-electron chi connectivity index (χ4n) is 3.04. The molecule has 0 unspecified atom stereocenters. The Bertz CT molecular complexity index is 1190. The number of aromatic hydroxyl groups is 1. The summed E-state index contributed by atoms with van der Waals surface area (Å²) in [4.78, 5) is 12.6. The Morgan fingerprint density at radius 3 is 2.31 bits per heavy atom. The van der Waals surface area contributed by atoms with E-state index in [-0.39, 0.29) is 11.1 Å². The Labute approximate surface area is 149 Å². The maximum atomic E-state index is 12.6. The summed E-state index contributed by atoms with van der Waals surface area (Å²) < 4.78 is 16.3. The maximum absolute atomic E-state index is 12.6. The Balaban J connectivity index is 2.00. The summed E-state index contributed by atoms with van der Waals surface area (Å²) in [6.07, 6.45) is 0. The van der Waals surface area contributed by atoms with Gasteiger partial charge in [0.2, 0.25) is 11.2 Å². The monoisotopic (exact) mass is 348 g/mol. The lowest BCUT2D eigenvalue weighted by atomic mass is 10.0. The third kappa shape index (κ3) is 2.45. The van der Waals surface area contributed by atoms with E-state index in [0.717, 1.165) is 10.8 Å². The fourth-order valence-corrected chi connectivity index (χ4v) is 3.04. The molecule has 130 valence electrons. The van der Waals surface area contributed by atoms with Crippen molar-refractivity contribution in [2.45, 2.75) is 0 Å². The number of hydrogen-bond acceptors (Lipinski definition) is 5. The van der Waals surface area contributed by atoms with Crippen LogP contribution in [0.4, 0.5) is 0 Å². The third-order valence-electron chi connectivity index (χ3n) is 4.38. The number of rotatable bonds is 3. The minimum atomic E-state index is -0.518. The quantitative estimate of drug-likeness (QED) is 0.596. The van der Waals surface area contributed by atoms with Gasteiger partial charge in [0.15, 0.2) is 17.3 Å². The highest BCUT2D eigenvalue weighted by Crippen LogP contribution is 2.36. The lowest BCUT2D eigenvalue weighted by Crippen LogP contribution is -2.03. The van der Waals surface area contributed by atoms with Crippen molar-refractivity contribution in [3.05, 3.63) is 64.8 Å². The minimum Gasteiger partial charge on any atom is -0.502 e. The Kier molecular flexibility index (Phi) is 3.77. The van der Waals surface area contributed by atoms with Gasteiger partial charge >= 0.3 is 0 Å². The number of fused-ring (bicyclic) bond motifs is 2. The standard InChI is InChI=1S/C21H16O5/c1-24-17-10-15-16(11-18(17)25-2)26-21(20(23)19(15)22)14-8-7-12-5-3-4-6-13(12)9-14/h3-11,23H,1-2H3. The predicted octanol–water partition coefficient (Wildman–Crippen LogP) is 4.34. The van der Waals surface area contributed by atoms with Crippen LogP contribution in [0.5, 0.6) is 17.2 Å². The van der Waals surface area contributed by atoms with E-state index < -0.39 is 11.2 Å². The first-order valence-corrected chi connectivity index (χ1v) is 8.03. The molecule has 3 aromatic carbocycles. The average Bonchev–Trinajstić information content (AvgIpc) is 2.69. The van der Waals surface area contributed by atoms with E-state index in [1.165, 1.54) is 20.3 Å². The molecule has 4 rings (SSSR count). The van der Waals surface area contributed by atoms with Crippen molar-refractivity contribution < 1.29 is 19.0 Å². The van der Waals surface area contributed by atoms with Gasteiger partial charge in [-0.3, -0.25) is 4.79 Å². The third-order valence-corrected chi connectivity index (χ3v) is 4.38. The molecule has 5 heteroatoms. The molecule has 0 bridgehead atoms. The molecule has 0 fully saturated rings. The Morgan fingerprint density at radius 2 is 1.58 bits per heavy atom. The van der Waals surface area contributed by atoms with Gasteiger partial charge in [-0.15, -0.1) is 0 Å². The first-order valence-electron chi connectivity index (χ1n) is 8.03. The summed E-state index contributed by atoms with van der Waals surface area (Å²) in [6, 6.07) is 16.5. The van der Waals surface area contributed by atoms with Gasteiger partial charge in [-0.05, 0) is 22.9 Å². The molecule has 0 radical (unpaired) electrons. The van der Waals surface area contributed by atoms with E-state index >= 15 is 0 Å². The van der Waals surface area contributed by atoms with Gasteiger partial charge in [-0.2, -0.15) is 0 Å². The Morgan fingerprint density at radius 1 is 0.885 bits per heavy atom. The lowest BCUT2D eigenvalue weighted by Gasteiger charge is -2.11. The van der Waals surface area contributed by atoms with Crippen LogP contribution < -0.4 is 14.9 Å². The lowest BCUT2D eigenvalue weighted by molar-refractivity contribution is 0.355. The van der Waals surface area contributed by atoms with Crippen LogP contribution >= 0.6 is 0 Å². The number of ether oxygens (including phenoxy) is 2. The van der Waals surface area contributed by atoms with Gasteiger partial charge in [0.05, 0.1) is 19.6 Å². The first-order chi connectivity index (χ1) is 12.6. The van der Waals surface area contributed by atoms with Gasteiger partial charge < -0.3 is 19.0 Å². The van der Waals surface area contributed by atoms with E-state index in [1.807, 2.05) is 42.5 Å². The second-order valence-electron chi connectivity index (χ2n) is 5.87. The van der Waals surface area contributed by atoms with Crippen molar-refractivity contribution in [1.29, 1.82) is 0 Å². The van der Waals surface area contributed by atoms with Crippen LogP contribution in [0.15, 0.2) is 63.8 Å². The van der Waals surface area contributed by atoms with Gasteiger partial charge in [-0.1, -0.05) is 36.4 Å². The highest BCUT2D eigenvalue weighted by molar-refractivity contribution is 5.89. The van der Waals surface area contributed by atoms with Gasteiger partial charge in [-0.25, -0.2) is 0 Å². The van der Waals surface area contributed by atoms with E-state index in [0.29, 0.717) is 22.6 Å². The van der Waals surface area contributed by atoms with E-state index in [1.54, 1.807) is 6.07 Å². The van der Waals surface area contributed by atoms with Crippen molar-refractivity contribution in [1.82, 2.24) is 0 Å². The highest BCUT2D eigenvalue weighted by Gasteiger charge is 2.18. The Hall–Kier alpha value is -3.47. The van der Waals surface area contributed by atoms with Gasteiger partial charge in [0, 0.05) is 11.6 Å². The largest absolute Gasteiger partial charge is 0.502 e. The normalized spacial score (nSPS) is 11.0. The molecule has 0 amide bonds. The second-order valence-corrected chi connectivity index (χ2v) is 5.87. The molecule has 1 aromatic heterocycles. The molecule has 0 aliphatic heterocycles. The average molecular weight is 348 g/mol. The molecule has 0 atom stereocenters. The van der Waals surface area contributed by atoms with Crippen LogP contribution in [0.3, 0.4) is 0 Å². The van der Waals surface area contributed by atoms with Crippen LogP contribution in [-0.2, 0) is 0 Å². The zero-order valence-corrected chi connectivity index (χ0v) is 14.3. The zero-order chi connectivity index (χ0) is 18.3. The molecule has 0 saturated heterocycles. The summed E-state index contributed by atoms with van der Waals surface area (Å²) in [5, 5.41) is 12.7. The summed E-state index contributed by atoms with van der Waals surface area (Å²) >= 11 is 0. The molecule has 0 aliphatic rings. The molecule has 26 heavy (non-hydrogen) atoms. The molecule has 0 saturated carbocycles. The van der Waals surface area contributed by atoms with Crippen molar-refractivity contribution in [3.63, 3.8) is 0 Å². The van der Waals surface area contributed by atoms with Crippen LogP contribution in [0, 0.1) is 0 Å². The summed E-state index contributed by atoms with van der Waals surface area (Å²) in [5.41, 5.74) is 0.416. The smallest absolute Gasteiger partial charge is 0.235 e. The van der Waals surface area contributed by atoms with Crippen molar-refractivity contribution in [3.8, 4) is 28.6 Å². The van der Waals surface area contributed by atoms with Crippen molar-refractivity contribution in [2.24, 2.45) is 0 Å². The molecule has 0 aliphatic carbocycles. The summed E-state index contributed by atoms with van der Waals surface area (Å²) in [6.45, 7) is 0. The molecule has 5 nitrogen and oxygen atoms in total. The predicted molar refractivity (Wildman–Crippen MR) is 100 cm³/mol. The van der Waals surface area contributed by atoms with Crippen molar-refractivity contribution >= 4 is 21.7 Å². The van der Waals surface area contributed by atoms with E-state index in [2.05, 4.69) is 0 Å².